The van der Waals surface area contributed by atoms with Gasteiger partial charge in [-0.1, -0.05) is 6.07 Å². The van der Waals surface area contributed by atoms with E-state index in [9.17, 15) is 14.7 Å². The fourth-order valence-electron chi connectivity index (χ4n) is 1.09. The summed E-state index contributed by atoms with van der Waals surface area (Å²) in [6.45, 7) is 2.03. The summed E-state index contributed by atoms with van der Waals surface area (Å²) in [7, 11) is 0. The highest BCUT2D eigenvalue weighted by molar-refractivity contribution is 6.40. The van der Waals surface area contributed by atoms with Crippen LogP contribution in [0.4, 0.5) is 0 Å². The molecule has 1 aromatic carbocycles. The molecule has 0 aliphatic carbocycles. The Hall–Kier alpha value is -2.04. The number of aliphatic carboxylic acids is 1. The number of carboxylic acids is 1. The van der Waals surface area contributed by atoms with Gasteiger partial charge in [0.25, 0.3) is 5.78 Å². The number of ketones is 1. The number of phenolic OH excluding ortho intramolecular Hbond substituents is 1. The van der Waals surface area contributed by atoms with Gasteiger partial charge in [0, 0.05) is 0 Å². The first-order valence-corrected chi connectivity index (χ1v) is 4.30. The number of ether oxygens (including phenoxy) is 1. The average Bonchev–Trinajstić information content (AvgIpc) is 2.20. The van der Waals surface area contributed by atoms with Crippen molar-refractivity contribution in [1.82, 2.24) is 0 Å². The molecule has 1 aromatic rings. The molecule has 0 unspecified atom stereocenters. The fourth-order valence-corrected chi connectivity index (χ4v) is 1.09. The number of hydrogen-bond acceptors (Lipinski definition) is 4. The van der Waals surface area contributed by atoms with Crippen LogP contribution >= 0.6 is 0 Å². The molecule has 0 radical (unpaired) electrons. The number of phenols is 1. The molecule has 80 valence electrons. The van der Waals surface area contributed by atoms with E-state index in [0.29, 0.717) is 6.61 Å². The smallest absolute Gasteiger partial charge is 0.377 e. The second-order valence-corrected chi connectivity index (χ2v) is 2.72. The quantitative estimate of drug-likeness (QED) is 0.573. The summed E-state index contributed by atoms with van der Waals surface area (Å²) >= 11 is 0. The maximum absolute atomic E-state index is 11.1. The molecule has 0 saturated carbocycles. The molecular weight excluding hydrogens is 200 g/mol. The van der Waals surface area contributed by atoms with Crippen LogP contribution in [0, 0.1) is 0 Å². The lowest BCUT2D eigenvalue weighted by Crippen LogP contribution is -2.13. The summed E-state index contributed by atoms with van der Waals surface area (Å²) in [5.41, 5.74) is -0.270. The highest BCUT2D eigenvalue weighted by Crippen LogP contribution is 2.29. The van der Waals surface area contributed by atoms with Crippen LogP contribution in [0.15, 0.2) is 18.2 Å². The van der Waals surface area contributed by atoms with Crippen molar-refractivity contribution < 1.29 is 24.5 Å². The number of carbonyl (C=O) groups excluding carboxylic acids is 1. The van der Waals surface area contributed by atoms with Gasteiger partial charge in [-0.05, 0) is 19.1 Å². The summed E-state index contributed by atoms with van der Waals surface area (Å²) in [4.78, 5) is 21.5. The zero-order valence-corrected chi connectivity index (χ0v) is 8.06. The first-order chi connectivity index (χ1) is 7.07. The van der Waals surface area contributed by atoms with Crippen molar-refractivity contribution in [2.24, 2.45) is 0 Å². The molecule has 0 atom stereocenters. The lowest BCUT2D eigenvalue weighted by Gasteiger charge is -2.07. The van der Waals surface area contributed by atoms with Gasteiger partial charge in [0.05, 0.1) is 12.2 Å². The van der Waals surface area contributed by atoms with Crippen LogP contribution in [0.5, 0.6) is 11.5 Å². The summed E-state index contributed by atoms with van der Waals surface area (Å²) in [6.07, 6.45) is 0. The number of aromatic hydroxyl groups is 1. The van der Waals surface area contributed by atoms with Crippen LogP contribution in [0.25, 0.3) is 0 Å². The average molecular weight is 210 g/mol. The van der Waals surface area contributed by atoms with Gasteiger partial charge in [-0.15, -0.1) is 0 Å². The largest absolute Gasteiger partial charge is 0.504 e. The van der Waals surface area contributed by atoms with Crippen molar-refractivity contribution in [3.05, 3.63) is 23.8 Å². The maximum atomic E-state index is 11.1. The van der Waals surface area contributed by atoms with Gasteiger partial charge in [-0.3, -0.25) is 4.79 Å². The Morgan fingerprint density at radius 3 is 2.60 bits per heavy atom. The molecule has 5 heteroatoms. The first-order valence-electron chi connectivity index (χ1n) is 4.30. The standard InChI is InChI=1S/C10H10O5/c1-2-15-7-5-3-4-6(8(7)11)9(12)10(13)14/h3-5,11H,2H2,1H3,(H,13,14). The van der Waals surface area contributed by atoms with Gasteiger partial charge in [-0.25, -0.2) is 4.79 Å². The summed E-state index contributed by atoms with van der Waals surface area (Å²) < 4.78 is 5.01. The third-order valence-electron chi connectivity index (χ3n) is 1.74. The van der Waals surface area contributed by atoms with E-state index in [1.807, 2.05) is 0 Å². The van der Waals surface area contributed by atoms with Crippen molar-refractivity contribution in [3.63, 3.8) is 0 Å². The van der Waals surface area contributed by atoms with E-state index in [4.69, 9.17) is 9.84 Å². The Balaban J connectivity index is 3.14. The van der Waals surface area contributed by atoms with Crippen molar-refractivity contribution in [2.45, 2.75) is 6.92 Å². The van der Waals surface area contributed by atoms with E-state index in [2.05, 4.69) is 0 Å². The molecule has 15 heavy (non-hydrogen) atoms. The molecule has 0 aromatic heterocycles. The second-order valence-electron chi connectivity index (χ2n) is 2.72. The van der Waals surface area contributed by atoms with Crippen LogP contribution in [-0.4, -0.2) is 28.6 Å². The zero-order chi connectivity index (χ0) is 11.4. The lowest BCUT2D eigenvalue weighted by atomic mass is 10.1. The van der Waals surface area contributed by atoms with Crippen molar-refractivity contribution in [3.8, 4) is 11.5 Å². The molecule has 5 nitrogen and oxygen atoms in total. The Kier molecular flexibility index (Phi) is 3.28. The Morgan fingerprint density at radius 1 is 1.40 bits per heavy atom. The monoisotopic (exact) mass is 210 g/mol. The minimum atomic E-state index is -1.61. The Bertz CT molecular complexity index is 397. The normalized spacial score (nSPS) is 9.67. The molecule has 0 saturated heterocycles. The number of carbonyl (C=O) groups is 2. The molecule has 1 rings (SSSR count). The van der Waals surface area contributed by atoms with Gasteiger partial charge >= 0.3 is 5.97 Å². The molecule has 0 fully saturated rings. The van der Waals surface area contributed by atoms with Crippen LogP contribution in [0.1, 0.15) is 17.3 Å². The van der Waals surface area contributed by atoms with Gasteiger partial charge in [0.15, 0.2) is 11.5 Å². The highest BCUT2D eigenvalue weighted by atomic mass is 16.5. The predicted molar refractivity (Wildman–Crippen MR) is 51.2 cm³/mol. The lowest BCUT2D eigenvalue weighted by molar-refractivity contribution is -0.131. The molecule has 0 spiro atoms. The number of para-hydroxylation sites is 1. The minimum absolute atomic E-state index is 0.101. The fraction of sp³-hybridized carbons (Fsp3) is 0.200. The van der Waals surface area contributed by atoms with Crippen LogP contribution in [-0.2, 0) is 4.79 Å². The minimum Gasteiger partial charge on any atom is -0.504 e. The molecular formula is C10H10O5. The highest BCUT2D eigenvalue weighted by Gasteiger charge is 2.20. The van der Waals surface area contributed by atoms with Crippen LogP contribution in [0.2, 0.25) is 0 Å². The molecule has 0 aliphatic rings. The molecule has 0 bridgehead atoms. The summed E-state index contributed by atoms with van der Waals surface area (Å²) in [6, 6.07) is 4.13. The van der Waals surface area contributed by atoms with Crippen LogP contribution < -0.4 is 4.74 Å². The van der Waals surface area contributed by atoms with E-state index in [1.165, 1.54) is 18.2 Å². The summed E-state index contributed by atoms with van der Waals surface area (Å²) in [5.74, 6) is -3.11. The van der Waals surface area contributed by atoms with Gasteiger partial charge in [0.1, 0.15) is 0 Å². The maximum Gasteiger partial charge on any atom is 0.377 e. The van der Waals surface area contributed by atoms with Crippen molar-refractivity contribution in [2.75, 3.05) is 6.61 Å². The van der Waals surface area contributed by atoms with Gasteiger partial charge in [-0.2, -0.15) is 0 Å². The van der Waals surface area contributed by atoms with E-state index in [1.54, 1.807) is 6.92 Å². The van der Waals surface area contributed by atoms with Crippen LogP contribution in [0.3, 0.4) is 0 Å². The Morgan fingerprint density at radius 2 is 2.07 bits per heavy atom. The predicted octanol–water partition coefficient (Wildman–Crippen LogP) is 1.06. The van der Waals surface area contributed by atoms with E-state index in [0.717, 1.165) is 0 Å². The SMILES string of the molecule is CCOc1cccc(C(=O)C(=O)O)c1O. The molecule has 0 aliphatic heterocycles. The molecule has 0 heterocycles. The van der Waals surface area contributed by atoms with E-state index in [-0.39, 0.29) is 11.3 Å². The second kappa shape index (κ2) is 4.45. The van der Waals surface area contributed by atoms with Crippen molar-refractivity contribution in [1.29, 1.82) is 0 Å². The van der Waals surface area contributed by atoms with E-state index >= 15 is 0 Å². The zero-order valence-electron chi connectivity index (χ0n) is 8.06. The van der Waals surface area contributed by atoms with E-state index < -0.39 is 17.5 Å². The van der Waals surface area contributed by atoms with Gasteiger partial charge < -0.3 is 14.9 Å². The molecule has 0 amide bonds. The number of benzene rings is 1. The number of carboxylic acid groups (broad SMARTS) is 1. The third-order valence-corrected chi connectivity index (χ3v) is 1.74. The third kappa shape index (κ3) is 2.25. The first kappa shape index (κ1) is 11.0. The van der Waals surface area contributed by atoms with Gasteiger partial charge in [0.2, 0.25) is 0 Å². The molecule has 2 N–H and O–H groups in total. The summed E-state index contributed by atoms with van der Waals surface area (Å²) in [5, 5.41) is 18.0. The van der Waals surface area contributed by atoms with Crippen molar-refractivity contribution >= 4 is 11.8 Å². The Labute approximate surface area is 85.9 Å². The number of Topliss-reactive ketones (excluding diaryl/α,β-unsaturated/α-hetero) is 1. The number of hydrogen-bond donors (Lipinski definition) is 2. The topological polar surface area (TPSA) is 83.8 Å². The number of rotatable bonds is 4.